The number of aldehydes is 1. The molecule has 0 aliphatic carbocycles. The molecule has 1 aliphatic heterocycles. The number of nitrogens with two attached hydrogens (primary N) is 1. The number of halogens is 2. The molecule has 1 heterocycles. The summed E-state index contributed by atoms with van der Waals surface area (Å²) in [5, 5.41) is 21.2. The molecule has 1 aliphatic rings. The van der Waals surface area contributed by atoms with Crippen LogP contribution in [0.5, 0.6) is 17.2 Å². The van der Waals surface area contributed by atoms with Crippen molar-refractivity contribution in [1.82, 2.24) is 0 Å². The largest absolute Gasteiger partial charge is 0.508 e. The summed E-state index contributed by atoms with van der Waals surface area (Å²) in [6.45, 7) is 9.39. The summed E-state index contributed by atoms with van der Waals surface area (Å²) in [5.74, 6) is 0.779. The minimum atomic E-state index is -0.483. The van der Waals surface area contributed by atoms with Crippen LogP contribution in [0.3, 0.4) is 0 Å². The van der Waals surface area contributed by atoms with Crippen LogP contribution in [0.4, 0.5) is 0 Å². The highest BCUT2D eigenvalue weighted by Crippen LogP contribution is 2.46. The lowest BCUT2D eigenvalue weighted by atomic mass is 9.81. The first-order valence-electron chi connectivity index (χ1n) is 18.2. The van der Waals surface area contributed by atoms with Gasteiger partial charge in [0.05, 0.1) is 36.6 Å². The lowest BCUT2D eigenvalue weighted by molar-refractivity contribution is -0.139. The minimum absolute atomic E-state index is 0. The van der Waals surface area contributed by atoms with E-state index in [0.717, 1.165) is 70.3 Å². The number of benzene rings is 6. The highest BCUT2D eigenvalue weighted by atomic mass is 79.9. The van der Waals surface area contributed by atoms with Crippen molar-refractivity contribution in [3.63, 3.8) is 0 Å². The van der Waals surface area contributed by atoms with E-state index in [1.807, 2.05) is 106 Å². The number of carbonyl (C=O) groups is 3. The average Bonchev–Trinajstić information content (AvgIpc) is 3.19. The van der Waals surface area contributed by atoms with Crippen molar-refractivity contribution in [1.29, 1.82) is 5.26 Å². The number of phenols is 1. The van der Waals surface area contributed by atoms with Gasteiger partial charge in [0.2, 0.25) is 5.88 Å². The highest BCUT2D eigenvalue weighted by molar-refractivity contribution is 9.10. The fourth-order valence-corrected chi connectivity index (χ4v) is 7.49. The van der Waals surface area contributed by atoms with Crippen molar-refractivity contribution < 1.29 is 33.7 Å². The minimum Gasteiger partial charge on any atom is -0.508 e. The molecular weight excluding hydrogens is 876 g/mol. The average molecular weight is 925 g/mol. The van der Waals surface area contributed by atoms with E-state index in [2.05, 4.69) is 37.9 Å². The van der Waals surface area contributed by atoms with Crippen LogP contribution in [0.2, 0.25) is 0 Å². The van der Waals surface area contributed by atoms with E-state index in [1.165, 1.54) is 12.5 Å². The summed E-state index contributed by atoms with van der Waals surface area (Å²) in [7, 11) is 1.63. The molecule has 306 valence electrons. The predicted molar refractivity (Wildman–Crippen MR) is 242 cm³/mol. The number of hydrogen-bond acceptors (Lipinski definition) is 9. The second-order valence-electron chi connectivity index (χ2n) is 13.3. The number of aromatic hydroxyl groups is 1. The van der Waals surface area contributed by atoms with Gasteiger partial charge in [0.1, 0.15) is 34.9 Å². The number of nitrogens with zero attached hydrogens (tertiary/aromatic N) is 1. The van der Waals surface area contributed by atoms with Gasteiger partial charge in [0, 0.05) is 15.6 Å². The summed E-state index contributed by atoms with van der Waals surface area (Å²) in [6, 6.07) is 34.7. The van der Waals surface area contributed by atoms with Gasteiger partial charge >= 0.3 is 5.97 Å². The Morgan fingerprint density at radius 1 is 0.864 bits per heavy atom. The topological polar surface area (TPSA) is 149 Å². The quantitative estimate of drug-likeness (QED) is 0.123. The van der Waals surface area contributed by atoms with Crippen LogP contribution in [-0.2, 0) is 14.3 Å². The molecule has 6 aromatic rings. The van der Waals surface area contributed by atoms with Gasteiger partial charge in [-0.15, -0.1) is 0 Å². The van der Waals surface area contributed by atoms with Crippen LogP contribution in [-0.4, -0.2) is 36.9 Å². The van der Waals surface area contributed by atoms with Gasteiger partial charge in [-0.3, -0.25) is 9.59 Å². The maximum atomic E-state index is 12.9. The zero-order chi connectivity index (χ0) is 42.5. The Morgan fingerprint density at radius 2 is 1.47 bits per heavy atom. The van der Waals surface area contributed by atoms with Gasteiger partial charge < -0.3 is 25.1 Å². The molecule has 0 radical (unpaired) electrons. The van der Waals surface area contributed by atoms with Gasteiger partial charge in [-0.1, -0.05) is 84.0 Å². The van der Waals surface area contributed by atoms with Gasteiger partial charge in [0.15, 0.2) is 0 Å². The highest BCUT2D eigenvalue weighted by Gasteiger charge is 2.36. The number of rotatable bonds is 6. The molecule has 3 N–H and O–H groups in total. The summed E-state index contributed by atoms with van der Waals surface area (Å²) >= 11 is 6.97. The van der Waals surface area contributed by atoms with Crippen LogP contribution < -0.4 is 15.2 Å². The molecule has 0 fully saturated rings. The Hall–Kier alpha value is -5.96. The van der Waals surface area contributed by atoms with Crippen molar-refractivity contribution in [2.75, 3.05) is 13.7 Å². The molecule has 6 aromatic carbocycles. The number of ketones is 1. The van der Waals surface area contributed by atoms with Crippen LogP contribution in [0.15, 0.2) is 124 Å². The van der Waals surface area contributed by atoms with Crippen LogP contribution in [0.25, 0.3) is 21.5 Å². The number of ether oxygens (including phenoxy) is 3. The summed E-state index contributed by atoms with van der Waals surface area (Å²) in [4.78, 5) is 33.1. The molecule has 0 spiro atoms. The normalized spacial score (nSPS) is 12.3. The molecule has 0 saturated carbocycles. The monoisotopic (exact) mass is 922 g/mol. The zero-order valence-electron chi connectivity index (χ0n) is 33.1. The molecule has 1 unspecified atom stereocenters. The standard InChI is InChI=1S/C24H22BrNO4.C10H8O.C9H9BrO.C4H5NO.CH4/c1-4-29-24(27)21-20(16-9-13(2)22(28-3)18(25)11-16)17-10-14-7-5-6-8-15(14)12-19(17)30-23(21)26;11-10-6-5-8-3-1-2-4-9(8)7-10;1-6-3-8(5-11)4-9(10)7(6)2;1-4(6)2-3-5;/h5-12,20H,4,26H2,1-3H3;1-7,11H;3-5H,1-2H3;2H2,1H3;1H4. The number of hydrogen-bond donors (Lipinski definition) is 2. The summed E-state index contributed by atoms with van der Waals surface area (Å²) < 4.78 is 18.5. The number of aryl methyl sites for hydroxylation is 2. The number of phenolic OH excluding ortho intramolecular Hbond substituents is 1. The van der Waals surface area contributed by atoms with E-state index in [9.17, 15) is 14.4 Å². The van der Waals surface area contributed by atoms with E-state index in [4.69, 9.17) is 30.3 Å². The third kappa shape index (κ3) is 12.3. The summed E-state index contributed by atoms with van der Waals surface area (Å²) in [5.41, 5.74) is 12.3. The smallest absolute Gasteiger partial charge is 0.340 e. The van der Waals surface area contributed by atoms with Crippen molar-refractivity contribution >= 4 is 71.4 Å². The number of methoxy groups -OCH3 is 1. The van der Waals surface area contributed by atoms with Crippen LogP contribution in [0.1, 0.15) is 71.8 Å². The Kier molecular flexibility index (Phi) is 17.9. The maximum Gasteiger partial charge on any atom is 0.340 e. The van der Waals surface area contributed by atoms with E-state index in [-0.39, 0.29) is 32.1 Å². The van der Waals surface area contributed by atoms with Crippen LogP contribution >= 0.6 is 31.9 Å². The molecule has 0 saturated heterocycles. The third-order valence-electron chi connectivity index (χ3n) is 9.07. The molecule has 0 aromatic heterocycles. The molecule has 11 heteroatoms. The Balaban J connectivity index is 0.000000261. The zero-order valence-corrected chi connectivity index (χ0v) is 36.2. The first-order valence-corrected chi connectivity index (χ1v) is 19.8. The number of Topliss-reactive ketones (excluding diaryl/α,β-unsaturated/α-hetero) is 1. The molecule has 59 heavy (non-hydrogen) atoms. The fraction of sp³-hybridized carbons (Fsp3) is 0.208. The summed E-state index contributed by atoms with van der Waals surface area (Å²) in [6.07, 6.45) is 0.900. The second kappa shape index (κ2) is 22.3. The van der Waals surface area contributed by atoms with Gasteiger partial charge in [-0.05, 0) is 137 Å². The van der Waals surface area contributed by atoms with Gasteiger partial charge in [-0.2, -0.15) is 5.26 Å². The number of nitriles is 1. The Labute approximate surface area is 362 Å². The maximum absolute atomic E-state index is 12.9. The third-order valence-corrected chi connectivity index (χ3v) is 10.5. The molecule has 9 nitrogen and oxygen atoms in total. The molecule has 0 bridgehead atoms. The van der Waals surface area contributed by atoms with Crippen molar-refractivity contribution in [2.24, 2.45) is 5.73 Å². The van der Waals surface area contributed by atoms with Gasteiger partial charge in [0.25, 0.3) is 0 Å². The van der Waals surface area contributed by atoms with E-state index in [0.29, 0.717) is 17.1 Å². The number of esters is 1. The molecule has 1 atom stereocenters. The van der Waals surface area contributed by atoms with Crippen molar-refractivity contribution in [3.05, 3.63) is 157 Å². The van der Waals surface area contributed by atoms with E-state index < -0.39 is 11.9 Å². The first-order chi connectivity index (χ1) is 27.7. The predicted octanol–water partition coefficient (Wildman–Crippen LogP) is 11.7. The van der Waals surface area contributed by atoms with Gasteiger partial charge in [-0.25, -0.2) is 4.79 Å². The van der Waals surface area contributed by atoms with Crippen molar-refractivity contribution in [3.8, 4) is 23.3 Å². The van der Waals surface area contributed by atoms with E-state index >= 15 is 0 Å². The lowest BCUT2D eigenvalue weighted by Gasteiger charge is -2.29. The first kappa shape index (κ1) is 47.4. The molecule has 0 amide bonds. The van der Waals surface area contributed by atoms with E-state index in [1.54, 1.807) is 32.2 Å². The Bertz CT molecular complexity index is 2500. The second-order valence-corrected chi connectivity index (χ2v) is 15.0. The lowest BCUT2D eigenvalue weighted by Crippen LogP contribution is -2.27. The fourth-order valence-electron chi connectivity index (χ4n) is 6.18. The molecular formula is C48H48Br2N2O7. The van der Waals surface area contributed by atoms with Crippen LogP contribution in [0, 0.1) is 32.1 Å². The van der Waals surface area contributed by atoms with Crippen molar-refractivity contribution in [2.45, 2.75) is 54.4 Å². The Morgan fingerprint density at radius 3 is 2.00 bits per heavy atom. The molecule has 7 rings (SSSR count). The SMILES string of the molecule is C.CC(=O)CC#N.CCOC(=O)C1=C(N)Oc2cc3ccccc3cc2C1c1cc(C)c(OC)c(Br)c1.Cc1cc(C=O)cc(Br)c1C.Oc1ccc2ccccc2c1. The number of carbonyl (C=O) groups excluding carboxylic acids is 3. The number of fused-ring (bicyclic) bond motifs is 3.